The molecular weight excluding hydrogens is 604 g/mol. The lowest BCUT2D eigenvalue weighted by atomic mass is 9.88. The van der Waals surface area contributed by atoms with E-state index < -0.39 is 11.6 Å². The largest absolute Gasteiger partial charge is 0.482 e. The Morgan fingerprint density at radius 1 is 1.15 bits per heavy atom. The molecule has 0 bridgehead atoms. The van der Waals surface area contributed by atoms with Gasteiger partial charge in [0.1, 0.15) is 23.5 Å². The van der Waals surface area contributed by atoms with Gasteiger partial charge in [-0.1, -0.05) is 33.3 Å². The van der Waals surface area contributed by atoms with Crippen molar-refractivity contribution in [2.75, 3.05) is 37.8 Å². The zero-order valence-electron chi connectivity index (χ0n) is 26.7. The van der Waals surface area contributed by atoms with Crippen molar-refractivity contribution in [3.05, 3.63) is 65.2 Å². The van der Waals surface area contributed by atoms with Gasteiger partial charge in [0.2, 0.25) is 0 Å². The van der Waals surface area contributed by atoms with Crippen LogP contribution in [-0.2, 0) is 22.5 Å². The molecule has 7 rings (SSSR count). The molecule has 6 heterocycles. The van der Waals surface area contributed by atoms with Gasteiger partial charge in [-0.2, -0.15) is 10.4 Å². The van der Waals surface area contributed by atoms with E-state index in [1.807, 2.05) is 18.3 Å². The molecule has 0 aliphatic carbocycles. The number of aromatic nitrogens is 4. The lowest BCUT2D eigenvalue weighted by Crippen LogP contribution is -2.54. The molecule has 12 heteroatoms. The van der Waals surface area contributed by atoms with Crippen LogP contribution in [0.5, 0.6) is 5.75 Å². The lowest BCUT2D eigenvalue weighted by molar-refractivity contribution is -0.121. The molecule has 1 aromatic carbocycles. The molecule has 0 N–H and O–H groups in total. The Labute approximate surface area is 271 Å². The highest BCUT2D eigenvalue weighted by Gasteiger charge is 2.37. The van der Waals surface area contributed by atoms with Gasteiger partial charge < -0.3 is 9.47 Å². The van der Waals surface area contributed by atoms with Crippen LogP contribution >= 0.6 is 0 Å². The molecule has 2 atom stereocenters. The van der Waals surface area contributed by atoms with Crippen LogP contribution in [0.2, 0.25) is 0 Å². The number of carbonyl (C=O) groups excluding carboxylic acids is 1. The minimum absolute atomic E-state index is 0.0535. The number of anilines is 1. The fourth-order valence-electron chi connectivity index (χ4n) is 7.08. The van der Waals surface area contributed by atoms with Crippen molar-refractivity contribution >= 4 is 22.6 Å². The van der Waals surface area contributed by atoms with Crippen LogP contribution in [-0.4, -0.2) is 69.5 Å². The van der Waals surface area contributed by atoms with Gasteiger partial charge in [0.15, 0.2) is 12.3 Å². The first-order valence-corrected chi connectivity index (χ1v) is 16.2. The number of pyridine rings is 2. The zero-order chi connectivity index (χ0) is 32.8. The number of hydrogen-bond donors (Lipinski definition) is 0. The Morgan fingerprint density at radius 2 is 1.98 bits per heavy atom. The van der Waals surface area contributed by atoms with Crippen molar-refractivity contribution in [3.63, 3.8) is 0 Å². The van der Waals surface area contributed by atoms with E-state index in [2.05, 4.69) is 41.4 Å². The molecule has 4 aromatic rings. The number of likely N-dealkylation sites (tertiary alicyclic amines) is 1. The number of nitrogens with zero attached hydrogens (tertiary/aromatic N) is 7. The molecule has 2 saturated heterocycles. The van der Waals surface area contributed by atoms with E-state index in [1.54, 1.807) is 6.07 Å². The quantitative estimate of drug-likeness (QED) is 0.250. The number of fused-ring (bicyclic) bond motifs is 2. The normalized spacial score (nSPS) is 20.3. The van der Waals surface area contributed by atoms with Crippen molar-refractivity contribution < 1.29 is 23.0 Å². The van der Waals surface area contributed by atoms with Crippen LogP contribution in [0.3, 0.4) is 0 Å². The SMILES string of the molecule is CCC1CN(C2COC2)CCC1n1ncc2c(-c3ccc4c(c3)OCC(=O)N4Cc3ncc(F)cc3F)c(C#N)c(CC(C)C)nc21. The third kappa shape index (κ3) is 5.72. The smallest absolute Gasteiger partial charge is 0.265 e. The number of amides is 1. The molecule has 3 aromatic heterocycles. The molecule has 1 amide bonds. The molecule has 3 aliphatic heterocycles. The van der Waals surface area contributed by atoms with E-state index in [0.29, 0.717) is 35.4 Å². The van der Waals surface area contributed by atoms with Crippen molar-refractivity contribution in [2.45, 2.75) is 58.7 Å². The summed E-state index contributed by atoms with van der Waals surface area (Å²) < 4.78 is 41.4. The molecule has 3 aliphatic rings. The van der Waals surface area contributed by atoms with Crippen LogP contribution < -0.4 is 9.64 Å². The standard InChI is InChI=1S/C35H37F2N7O3/c1-4-21-15-42(24-17-46-18-24)8-7-30(21)44-35-26(14-40-44)34(25(12-38)28(41-35)9-20(2)3)22-5-6-31-32(10-22)47-19-33(45)43(31)16-29-27(37)11-23(36)13-39-29/h5-6,10-11,13-14,20-21,24,30H,4,7-9,15-19H2,1-3H3. The van der Waals surface area contributed by atoms with Gasteiger partial charge in [-0.15, -0.1) is 0 Å². The number of ether oxygens (including phenoxy) is 2. The van der Waals surface area contributed by atoms with Crippen LogP contribution in [0, 0.1) is 34.8 Å². The van der Waals surface area contributed by atoms with E-state index in [4.69, 9.17) is 19.6 Å². The molecule has 2 fully saturated rings. The van der Waals surface area contributed by atoms with Gasteiger partial charge >= 0.3 is 0 Å². The maximum Gasteiger partial charge on any atom is 0.265 e. The summed E-state index contributed by atoms with van der Waals surface area (Å²) >= 11 is 0. The van der Waals surface area contributed by atoms with Crippen molar-refractivity contribution in [3.8, 4) is 22.9 Å². The van der Waals surface area contributed by atoms with Crippen molar-refractivity contribution in [1.29, 1.82) is 5.26 Å². The summed E-state index contributed by atoms with van der Waals surface area (Å²) in [6, 6.07) is 9.22. The van der Waals surface area contributed by atoms with E-state index in [1.165, 1.54) is 4.90 Å². The Morgan fingerprint density at radius 3 is 2.68 bits per heavy atom. The third-order valence-corrected chi connectivity index (χ3v) is 9.62. The number of halogens is 2. The highest BCUT2D eigenvalue weighted by molar-refractivity contribution is 6.00. The Kier molecular flexibility index (Phi) is 8.36. The fraction of sp³-hybridized carbons (Fsp3) is 0.457. The molecule has 0 spiro atoms. The van der Waals surface area contributed by atoms with E-state index in [0.717, 1.165) is 79.3 Å². The predicted molar refractivity (Wildman–Crippen MR) is 171 cm³/mol. The maximum atomic E-state index is 14.5. The molecule has 0 radical (unpaired) electrons. The van der Waals surface area contributed by atoms with Gasteiger partial charge in [0.25, 0.3) is 5.91 Å². The monoisotopic (exact) mass is 641 g/mol. The molecule has 244 valence electrons. The average Bonchev–Trinajstić information content (AvgIpc) is 3.44. The Bertz CT molecular complexity index is 1880. The first-order valence-electron chi connectivity index (χ1n) is 16.2. The zero-order valence-corrected chi connectivity index (χ0v) is 26.7. The number of carbonyl (C=O) groups is 1. The van der Waals surface area contributed by atoms with Crippen LogP contribution in [0.15, 0.2) is 36.7 Å². The molecular formula is C35H37F2N7O3. The number of rotatable bonds is 8. The summed E-state index contributed by atoms with van der Waals surface area (Å²) in [6.45, 7) is 9.54. The second-order valence-electron chi connectivity index (χ2n) is 13.1. The van der Waals surface area contributed by atoms with Gasteiger partial charge in [-0.05, 0) is 42.4 Å². The number of hydrogen-bond acceptors (Lipinski definition) is 8. The number of benzene rings is 1. The highest BCUT2D eigenvalue weighted by Crippen LogP contribution is 2.42. The van der Waals surface area contributed by atoms with Gasteiger partial charge in [0, 0.05) is 30.1 Å². The van der Waals surface area contributed by atoms with E-state index in [-0.39, 0.29) is 36.7 Å². The lowest BCUT2D eigenvalue weighted by Gasteiger charge is -2.44. The highest BCUT2D eigenvalue weighted by atomic mass is 19.1. The summed E-state index contributed by atoms with van der Waals surface area (Å²) in [6.07, 6.45) is 5.31. The molecule has 10 nitrogen and oxygen atoms in total. The summed E-state index contributed by atoms with van der Waals surface area (Å²) in [4.78, 5) is 25.8. The van der Waals surface area contributed by atoms with Gasteiger partial charge in [0.05, 0.1) is 66.9 Å². The van der Waals surface area contributed by atoms with Crippen molar-refractivity contribution in [1.82, 2.24) is 24.6 Å². The van der Waals surface area contributed by atoms with Gasteiger partial charge in [-0.25, -0.2) is 18.4 Å². The number of piperidine rings is 1. The minimum atomic E-state index is -0.831. The average molecular weight is 642 g/mol. The number of nitriles is 1. The second kappa shape index (κ2) is 12.6. The first-order chi connectivity index (χ1) is 22.7. The third-order valence-electron chi connectivity index (χ3n) is 9.62. The summed E-state index contributed by atoms with van der Waals surface area (Å²) in [5, 5.41) is 16.2. The summed E-state index contributed by atoms with van der Waals surface area (Å²) in [7, 11) is 0. The van der Waals surface area contributed by atoms with E-state index in [9.17, 15) is 18.8 Å². The Hall–Kier alpha value is -4.47. The van der Waals surface area contributed by atoms with Crippen molar-refractivity contribution in [2.24, 2.45) is 11.8 Å². The maximum absolute atomic E-state index is 14.5. The Balaban J connectivity index is 1.30. The fourth-order valence-corrected chi connectivity index (χ4v) is 7.08. The summed E-state index contributed by atoms with van der Waals surface area (Å²) in [5.74, 6) is -0.928. The second-order valence-corrected chi connectivity index (χ2v) is 13.1. The van der Waals surface area contributed by atoms with E-state index >= 15 is 0 Å². The van der Waals surface area contributed by atoms with Gasteiger partial charge in [-0.3, -0.25) is 19.6 Å². The topological polar surface area (TPSA) is 109 Å². The molecule has 2 unspecified atom stereocenters. The predicted octanol–water partition coefficient (Wildman–Crippen LogP) is 5.44. The van der Waals surface area contributed by atoms with Crippen LogP contribution in [0.4, 0.5) is 14.5 Å². The van der Waals surface area contributed by atoms with Crippen LogP contribution in [0.1, 0.15) is 56.6 Å². The van der Waals surface area contributed by atoms with Crippen LogP contribution in [0.25, 0.3) is 22.2 Å². The minimum Gasteiger partial charge on any atom is -0.482 e. The molecule has 0 saturated carbocycles. The molecule has 47 heavy (non-hydrogen) atoms. The summed E-state index contributed by atoms with van der Waals surface area (Å²) in [5.41, 5.74) is 3.79. The first kappa shape index (κ1) is 31.1.